The highest BCUT2D eigenvalue weighted by Crippen LogP contribution is 2.31. The number of likely N-dealkylation sites (tertiary alicyclic amines) is 1. The molecular formula is C21H32N4O6S. The van der Waals surface area contributed by atoms with E-state index in [2.05, 4.69) is 21.7 Å². The number of pyridine rings is 1. The number of aromatic nitrogens is 1. The van der Waals surface area contributed by atoms with E-state index in [1.807, 2.05) is 6.07 Å². The number of fused-ring (bicyclic) bond motifs is 1. The standard InChI is InChI=1S/C21H32N4O6S/c1-32(30,31)14-17(19(26)27)21(29)8-12-25(13-9-21)20(28)23-11-3-5-16-7-6-15-4-2-10-22-18(15)24-16/h6-7,17,29H,2-5,8-14H2,1H3,(H,22,24)(H,23,28)(H,26,27). The molecule has 0 radical (unpaired) electrons. The Morgan fingerprint density at radius 1 is 1.31 bits per heavy atom. The molecule has 4 N–H and O–H groups in total. The number of nitrogens with zero attached hydrogens (tertiary/aromatic N) is 2. The van der Waals surface area contributed by atoms with Gasteiger partial charge in [-0.1, -0.05) is 6.07 Å². The van der Waals surface area contributed by atoms with Crippen LogP contribution >= 0.6 is 0 Å². The largest absolute Gasteiger partial charge is 0.481 e. The zero-order valence-electron chi connectivity index (χ0n) is 18.3. The molecule has 0 spiro atoms. The molecule has 0 bridgehead atoms. The second-order valence-corrected chi connectivity index (χ2v) is 10.9. The van der Waals surface area contributed by atoms with Gasteiger partial charge in [0.05, 0.1) is 17.3 Å². The molecule has 2 aliphatic heterocycles. The molecule has 1 fully saturated rings. The Morgan fingerprint density at radius 2 is 2.03 bits per heavy atom. The molecule has 3 rings (SSSR count). The SMILES string of the molecule is CS(=O)(=O)CC(C(=O)O)C1(O)CCN(C(=O)NCCCc2ccc3c(n2)NCCC3)CC1. The molecule has 178 valence electrons. The Kier molecular flexibility index (Phi) is 7.60. The third-order valence-electron chi connectivity index (χ3n) is 6.17. The van der Waals surface area contributed by atoms with Crippen LogP contribution in [0, 0.1) is 5.92 Å². The highest BCUT2D eigenvalue weighted by Gasteiger charge is 2.45. The molecular weight excluding hydrogens is 436 g/mol. The first-order chi connectivity index (χ1) is 15.1. The summed E-state index contributed by atoms with van der Waals surface area (Å²) in [7, 11) is -3.57. The Labute approximate surface area is 188 Å². The summed E-state index contributed by atoms with van der Waals surface area (Å²) in [6.07, 6.45) is 4.59. The van der Waals surface area contributed by atoms with Gasteiger partial charge in [-0.05, 0) is 50.2 Å². The molecule has 1 aromatic rings. The number of rotatable bonds is 8. The number of carboxylic acid groups (broad SMARTS) is 1. The third kappa shape index (κ3) is 6.32. The fourth-order valence-electron chi connectivity index (χ4n) is 4.29. The van der Waals surface area contributed by atoms with Crippen molar-refractivity contribution in [2.75, 3.05) is 43.5 Å². The van der Waals surface area contributed by atoms with Gasteiger partial charge in [-0.2, -0.15) is 0 Å². The monoisotopic (exact) mass is 468 g/mol. The lowest BCUT2D eigenvalue weighted by atomic mass is 9.80. The van der Waals surface area contributed by atoms with Gasteiger partial charge >= 0.3 is 12.0 Å². The number of hydrogen-bond acceptors (Lipinski definition) is 7. The van der Waals surface area contributed by atoms with E-state index in [0.717, 1.165) is 50.0 Å². The minimum atomic E-state index is -3.57. The predicted octanol–water partition coefficient (Wildman–Crippen LogP) is 0.654. The molecule has 1 saturated heterocycles. The average molecular weight is 469 g/mol. The number of sulfone groups is 1. The number of urea groups is 1. The van der Waals surface area contributed by atoms with Crippen molar-refractivity contribution in [1.82, 2.24) is 15.2 Å². The normalized spacial score (nSPS) is 18.9. The number of piperidine rings is 1. The van der Waals surface area contributed by atoms with Crippen molar-refractivity contribution in [2.45, 2.75) is 44.1 Å². The quantitative estimate of drug-likeness (QED) is 0.407. The summed E-state index contributed by atoms with van der Waals surface area (Å²) in [6.45, 7) is 1.73. The third-order valence-corrected chi connectivity index (χ3v) is 7.11. The number of nitrogens with one attached hydrogen (secondary N) is 2. The summed E-state index contributed by atoms with van der Waals surface area (Å²) < 4.78 is 23.1. The Balaban J connectivity index is 1.44. The van der Waals surface area contributed by atoms with Crippen molar-refractivity contribution in [3.63, 3.8) is 0 Å². The number of carbonyl (C=O) groups is 2. The highest BCUT2D eigenvalue weighted by atomic mass is 32.2. The Morgan fingerprint density at radius 3 is 2.69 bits per heavy atom. The molecule has 0 saturated carbocycles. The van der Waals surface area contributed by atoms with Crippen molar-refractivity contribution in [3.05, 3.63) is 23.4 Å². The second-order valence-electron chi connectivity index (χ2n) is 8.75. The Hall–Kier alpha value is -2.40. The van der Waals surface area contributed by atoms with Gasteiger partial charge in [-0.3, -0.25) is 4.79 Å². The molecule has 0 aromatic carbocycles. The lowest BCUT2D eigenvalue weighted by molar-refractivity contribution is -0.153. The van der Waals surface area contributed by atoms with Crippen LogP contribution in [0.25, 0.3) is 0 Å². The van der Waals surface area contributed by atoms with Crippen molar-refractivity contribution in [3.8, 4) is 0 Å². The van der Waals surface area contributed by atoms with Gasteiger partial charge in [-0.25, -0.2) is 18.2 Å². The van der Waals surface area contributed by atoms with Gasteiger partial charge in [0.2, 0.25) is 0 Å². The lowest BCUT2D eigenvalue weighted by Gasteiger charge is -2.41. The van der Waals surface area contributed by atoms with Crippen LogP contribution in [0.4, 0.5) is 10.6 Å². The first-order valence-electron chi connectivity index (χ1n) is 11.0. The summed E-state index contributed by atoms with van der Waals surface area (Å²) in [5.41, 5.74) is 0.554. The van der Waals surface area contributed by atoms with Gasteiger partial charge < -0.3 is 25.7 Å². The molecule has 32 heavy (non-hydrogen) atoms. The fourth-order valence-corrected chi connectivity index (χ4v) is 5.35. The molecule has 0 aliphatic carbocycles. The average Bonchev–Trinajstić information content (AvgIpc) is 2.74. The van der Waals surface area contributed by atoms with Crippen molar-refractivity contribution in [2.24, 2.45) is 5.92 Å². The fraction of sp³-hybridized carbons (Fsp3) is 0.667. The number of carboxylic acids is 1. The van der Waals surface area contributed by atoms with E-state index in [1.165, 1.54) is 10.5 Å². The maximum Gasteiger partial charge on any atom is 0.317 e. The zero-order chi connectivity index (χ0) is 23.4. The number of aryl methyl sites for hydroxylation is 2. The van der Waals surface area contributed by atoms with Gasteiger partial charge in [0.1, 0.15) is 15.7 Å². The maximum absolute atomic E-state index is 12.4. The van der Waals surface area contributed by atoms with E-state index in [-0.39, 0.29) is 32.0 Å². The van der Waals surface area contributed by atoms with E-state index >= 15 is 0 Å². The van der Waals surface area contributed by atoms with Crippen LogP contribution in [0.5, 0.6) is 0 Å². The molecule has 1 atom stereocenters. The number of hydrogen-bond donors (Lipinski definition) is 4. The van der Waals surface area contributed by atoms with E-state index in [4.69, 9.17) is 0 Å². The van der Waals surface area contributed by atoms with Gasteiger partial charge in [0.15, 0.2) is 0 Å². The summed E-state index contributed by atoms with van der Waals surface area (Å²) in [5.74, 6) is -2.44. The number of anilines is 1. The van der Waals surface area contributed by atoms with E-state index in [9.17, 15) is 28.2 Å². The summed E-state index contributed by atoms with van der Waals surface area (Å²) in [6, 6.07) is 3.85. The van der Waals surface area contributed by atoms with Crippen LogP contribution in [-0.4, -0.2) is 84.3 Å². The summed E-state index contributed by atoms with van der Waals surface area (Å²) in [5, 5.41) is 26.3. The van der Waals surface area contributed by atoms with E-state index in [1.54, 1.807) is 0 Å². The number of aliphatic carboxylic acids is 1. The van der Waals surface area contributed by atoms with Crippen LogP contribution in [0.15, 0.2) is 12.1 Å². The van der Waals surface area contributed by atoms with E-state index in [0.29, 0.717) is 6.54 Å². The van der Waals surface area contributed by atoms with E-state index < -0.39 is 33.1 Å². The van der Waals surface area contributed by atoms with Gasteiger partial charge in [0, 0.05) is 38.1 Å². The van der Waals surface area contributed by atoms with Gasteiger partial charge in [0.25, 0.3) is 0 Å². The molecule has 2 amide bonds. The highest BCUT2D eigenvalue weighted by molar-refractivity contribution is 7.90. The molecule has 2 aliphatic rings. The first kappa shape index (κ1) is 24.2. The number of carbonyl (C=O) groups excluding carboxylic acids is 1. The minimum Gasteiger partial charge on any atom is -0.481 e. The smallest absolute Gasteiger partial charge is 0.317 e. The van der Waals surface area contributed by atoms with Crippen LogP contribution in [0.2, 0.25) is 0 Å². The molecule has 10 nitrogen and oxygen atoms in total. The van der Waals surface area contributed by atoms with Gasteiger partial charge in [-0.15, -0.1) is 0 Å². The van der Waals surface area contributed by atoms with Crippen LogP contribution in [-0.2, 0) is 27.5 Å². The number of amides is 2. The molecule has 1 aromatic heterocycles. The zero-order valence-corrected chi connectivity index (χ0v) is 19.2. The van der Waals surface area contributed by atoms with Crippen molar-refractivity contribution < 1.29 is 28.2 Å². The molecule has 1 unspecified atom stereocenters. The maximum atomic E-state index is 12.4. The topological polar surface area (TPSA) is 149 Å². The van der Waals surface area contributed by atoms with Crippen LogP contribution in [0.1, 0.15) is 36.9 Å². The van der Waals surface area contributed by atoms with Crippen LogP contribution in [0.3, 0.4) is 0 Å². The lowest BCUT2D eigenvalue weighted by Crippen LogP contribution is -2.55. The Bertz CT molecular complexity index is 944. The molecule has 11 heteroatoms. The number of aliphatic hydroxyl groups is 1. The first-order valence-corrected chi connectivity index (χ1v) is 13.0. The summed E-state index contributed by atoms with van der Waals surface area (Å²) >= 11 is 0. The second kappa shape index (κ2) is 10.0. The van der Waals surface area contributed by atoms with Crippen LogP contribution < -0.4 is 10.6 Å². The van der Waals surface area contributed by atoms with Crippen molar-refractivity contribution >= 4 is 27.7 Å². The predicted molar refractivity (Wildman–Crippen MR) is 119 cm³/mol. The molecule has 3 heterocycles. The van der Waals surface area contributed by atoms with Crippen molar-refractivity contribution in [1.29, 1.82) is 0 Å². The summed E-state index contributed by atoms with van der Waals surface area (Å²) in [4.78, 5) is 30.1. The minimum absolute atomic E-state index is 0.0128.